The van der Waals surface area contributed by atoms with Crippen LogP contribution in [0.5, 0.6) is 0 Å². The van der Waals surface area contributed by atoms with Crippen molar-refractivity contribution >= 4 is 5.57 Å². The average molecular weight is 429 g/mol. The highest BCUT2D eigenvalue weighted by molar-refractivity contribution is 5.76. The fourth-order valence-electron chi connectivity index (χ4n) is 5.08. The number of aromatic nitrogens is 4. The summed E-state index contributed by atoms with van der Waals surface area (Å²) in [6, 6.07) is 10.9. The van der Waals surface area contributed by atoms with Crippen molar-refractivity contribution in [1.29, 1.82) is 0 Å². The smallest absolute Gasteiger partial charge is 0.243 e. The summed E-state index contributed by atoms with van der Waals surface area (Å²) >= 11 is 0. The van der Waals surface area contributed by atoms with Gasteiger partial charge in [-0.2, -0.15) is 4.98 Å². The lowest BCUT2D eigenvalue weighted by molar-refractivity contribution is 0.337. The molecule has 2 aliphatic heterocycles. The number of hydrogen-bond acceptors (Lipinski definition) is 6. The first-order valence-electron chi connectivity index (χ1n) is 11.6. The van der Waals surface area contributed by atoms with Crippen molar-refractivity contribution in [3.8, 4) is 0 Å². The summed E-state index contributed by atoms with van der Waals surface area (Å²) in [6.07, 6.45) is 13.8. The highest BCUT2D eigenvalue weighted by atomic mass is 16.5. The monoisotopic (exact) mass is 428 g/mol. The van der Waals surface area contributed by atoms with Gasteiger partial charge >= 0.3 is 0 Å². The molecule has 2 fully saturated rings. The van der Waals surface area contributed by atoms with E-state index in [-0.39, 0.29) is 12.1 Å². The first-order chi connectivity index (χ1) is 15.8. The van der Waals surface area contributed by atoms with Crippen LogP contribution in [0.4, 0.5) is 0 Å². The van der Waals surface area contributed by atoms with Gasteiger partial charge in [-0.1, -0.05) is 53.7 Å². The summed E-state index contributed by atoms with van der Waals surface area (Å²) in [5, 5.41) is 11.5. The summed E-state index contributed by atoms with van der Waals surface area (Å²) in [5.41, 5.74) is 2.90. The Kier molecular flexibility index (Phi) is 5.00. The zero-order chi connectivity index (χ0) is 21.4. The Morgan fingerprint density at radius 1 is 1.00 bits per heavy atom. The van der Waals surface area contributed by atoms with Gasteiger partial charge in [0.2, 0.25) is 5.89 Å². The Labute approximate surface area is 187 Å². The molecule has 0 saturated carbocycles. The van der Waals surface area contributed by atoms with Crippen LogP contribution in [0.3, 0.4) is 0 Å². The van der Waals surface area contributed by atoms with Gasteiger partial charge in [0.05, 0.1) is 23.2 Å². The minimum absolute atomic E-state index is 0.149. The van der Waals surface area contributed by atoms with E-state index in [1.807, 2.05) is 12.3 Å². The highest BCUT2D eigenvalue weighted by Gasteiger charge is 2.40. The second kappa shape index (κ2) is 8.15. The molecule has 0 radical (unpaired) electrons. The third-order valence-corrected chi connectivity index (χ3v) is 6.96. The summed E-state index contributed by atoms with van der Waals surface area (Å²) in [7, 11) is 0. The van der Waals surface area contributed by atoms with Crippen LogP contribution in [0.15, 0.2) is 59.3 Å². The van der Waals surface area contributed by atoms with Gasteiger partial charge in [0.25, 0.3) is 0 Å². The first-order valence-corrected chi connectivity index (χ1v) is 11.6. The van der Waals surface area contributed by atoms with E-state index in [4.69, 9.17) is 14.5 Å². The molecule has 7 heteroatoms. The Bertz CT molecular complexity index is 1080. The van der Waals surface area contributed by atoms with Gasteiger partial charge in [-0.3, -0.25) is 0 Å². The van der Waals surface area contributed by atoms with Crippen LogP contribution in [0, 0.1) is 0 Å². The van der Waals surface area contributed by atoms with Crippen LogP contribution < -0.4 is 10.6 Å². The SMILES string of the molecule is C1=CC(c2noc([C@@H]3CCCN3)n2)(c2cnc([C@@H]3CCCN3)[nH]2)CC=C1c1ccccc1. The zero-order valence-corrected chi connectivity index (χ0v) is 18.1. The number of imidazole rings is 1. The summed E-state index contributed by atoms with van der Waals surface area (Å²) < 4.78 is 5.74. The van der Waals surface area contributed by atoms with Crippen LogP contribution in [0.2, 0.25) is 0 Å². The average Bonchev–Trinajstić information content (AvgIpc) is 3.66. The number of hydrogen-bond donors (Lipinski definition) is 3. The fourth-order valence-corrected chi connectivity index (χ4v) is 5.08. The molecule has 2 aromatic heterocycles. The van der Waals surface area contributed by atoms with Crippen LogP contribution >= 0.6 is 0 Å². The quantitative estimate of drug-likeness (QED) is 0.570. The van der Waals surface area contributed by atoms with E-state index in [0.717, 1.165) is 50.3 Å². The van der Waals surface area contributed by atoms with Crippen LogP contribution in [-0.2, 0) is 5.41 Å². The second-order valence-corrected chi connectivity index (χ2v) is 8.97. The van der Waals surface area contributed by atoms with E-state index in [1.54, 1.807) is 0 Å². The van der Waals surface area contributed by atoms with Crippen molar-refractivity contribution in [3.63, 3.8) is 0 Å². The molecular weight excluding hydrogens is 400 g/mol. The summed E-state index contributed by atoms with van der Waals surface area (Å²) in [5.74, 6) is 2.36. The molecule has 0 bridgehead atoms. The molecule has 0 amide bonds. The number of nitrogens with one attached hydrogen (secondary N) is 3. The van der Waals surface area contributed by atoms with Crippen LogP contribution in [0.1, 0.15) is 73.0 Å². The molecule has 1 aliphatic carbocycles. The fraction of sp³-hybridized carbons (Fsp3) is 0.400. The second-order valence-electron chi connectivity index (χ2n) is 8.97. The zero-order valence-electron chi connectivity index (χ0n) is 18.1. The number of nitrogens with zero attached hydrogens (tertiary/aromatic N) is 3. The van der Waals surface area contributed by atoms with E-state index < -0.39 is 5.41 Å². The molecule has 6 rings (SSSR count). The third kappa shape index (κ3) is 3.42. The van der Waals surface area contributed by atoms with Gasteiger partial charge < -0.3 is 20.1 Å². The normalized spacial score (nSPS) is 27.7. The molecule has 164 valence electrons. The minimum atomic E-state index is -0.525. The molecular formula is C25H28N6O. The van der Waals surface area contributed by atoms with Crippen molar-refractivity contribution in [2.75, 3.05) is 13.1 Å². The predicted octanol–water partition coefficient (Wildman–Crippen LogP) is 3.97. The van der Waals surface area contributed by atoms with Crippen LogP contribution in [-0.4, -0.2) is 33.2 Å². The molecule has 2 saturated heterocycles. The Balaban J connectivity index is 1.37. The molecule has 0 spiro atoms. The maximum Gasteiger partial charge on any atom is 0.243 e. The molecule has 3 aromatic rings. The number of allylic oxidation sites excluding steroid dienone is 4. The predicted molar refractivity (Wildman–Crippen MR) is 122 cm³/mol. The van der Waals surface area contributed by atoms with Crippen molar-refractivity contribution in [2.45, 2.75) is 49.6 Å². The largest absolute Gasteiger partial charge is 0.343 e. The van der Waals surface area contributed by atoms with Gasteiger partial charge in [-0.15, -0.1) is 0 Å². The number of aromatic amines is 1. The Hall–Kier alpha value is -3.03. The van der Waals surface area contributed by atoms with E-state index in [9.17, 15) is 0 Å². The third-order valence-electron chi connectivity index (χ3n) is 6.96. The summed E-state index contributed by atoms with van der Waals surface area (Å²) in [4.78, 5) is 13.2. The number of rotatable bonds is 5. The topological polar surface area (TPSA) is 91.7 Å². The molecule has 3 atom stereocenters. The van der Waals surface area contributed by atoms with E-state index in [1.165, 1.54) is 17.6 Å². The molecule has 1 unspecified atom stereocenters. The minimum Gasteiger partial charge on any atom is -0.343 e. The van der Waals surface area contributed by atoms with Gasteiger partial charge in [0.1, 0.15) is 5.82 Å². The first kappa shape index (κ1) is 19.6. The summed E-state index contributed by atoms with van der Waals surface area (Å²) in [6.45, 7) is 2.03. The van der Waals surface area contributed by atoms with Gasteiger partial charge in [-0.25, -0.2) is 4.98 Å². The number of benzene rings is 1. The molecule has 3 aliphatic rings. The van der Waals surface area contributed by atoms with Crippen molar-refractivity contribution in [2.24, 2.45) is 0 Å². The standard InChI is InChI=1S/C25H28N6O/c1-2-6-17(7-3-1)18-10-12-25(13-11-18,21-16-28-22(29-21)19-8-4-14-26-19)24-30-23(32-31-24)20-9-5-15-27-20/h1-3,6-7,10-12,16,19-20,26-27H,4-5,8-9,13-15H2,(H,28,29)/t19-,20-,25?/m0/s1. The molecule has 1 aromatic carbocycles. The molecule has 3 N–H and O–H groups in total. The van der Waals surface area contributed by atoms with Crippen molar-refractivity contribution < 1.29 is 4.52 Å². The lowest BCUT2D eigenvalue weighted by Gasteiger charge is -2.28. The molecule has 32 heavy (non-hydrogen) atoms. The Morgan fingerprint density at radius 2 is 1.81 bits per heavy atom. The lowest BCUT2D eigenvalue weighted by Crippen LogP contribution is -2.29. The number of H-pyrrole nitrogens is 1. The van der Waals surface area contributed by atoms with E-state index in [0.29, 0.717) is 11.7 Å². The lowest BCUT2D eigenvalue weighted by atomic mass is 9.76. The van der Waals surface area contributed by atoms with Gasteiger partial charge in [-0.05, 0) is 56.3 Å². The maximum absolute atomic E-state index is 5.74. The van der Waals surface area contributed by atoms with Gasteiger partial charge in [0, 0.05) is 6.20 Å². The molecule has 4 heterocycles. The van der Waals surface area contributed by atoms with Crippen LogP contribution in [0.25, 0.3) is 5.57 Å². The van der Waals surface area contributed by atoms with Gasteiger partial charge in [0.15, 0.2) is 5.82 Å². The van der Waals surface area contributed by atoms with Crippen molar-refractivity contribution in [3.05, 3.63) is 83.6 Å². The highest BCUT2D eigenvalue weighted by Crippen LogP contribution is 2.41. The van der Waals surface area contributed by atoms with E-state index >= 15 is 0 Å². The van der Waals surface area contributed by atoms with Crippen molar-refractivity contribution in [1.82, 2.24) is 30.7 Å². The van der Waals surface area contributed by atoms with E-state index in [2.05, 4.69) is 63.3 Å². The molecule has 7 nitrogen and oxygen atoms in total. The maximum atomic E-state index is 5.74. The Morgan fingerprint density at radius 3 is 2.53 bits per heavy atom.